The second-order valence-electron chi connectivity index (χ2n) is 9.05. The lowest BCUT2D eigenvalue weighted by Crippen LogP contribution is -2.30. The van der Waals surface area contributed by atoms with Gasteiger partial charge in [-0.25, -0.2) is 4.98 Å². The Labute approximate surface area is 228 Å². The average Bonchev–Trinajstić information content (AvgIpc) is 2.92. The highest BCUT2D eigenvalue weighted by Gasteiger charge is 2.31. The van der Waals surface area contributed by atoms with E-state index in [1.54, 1.807) is 21.0 Å². The van der Waals surface area contributed by atoms with Crippen LogP contribution in [0.5, 0.6) is 23.0 Å². The molecule has 9 heteroatoms. The molecule has 0 saturated heterocycles. The summed E-state index contributed by atoms with van der Waals surface area (Å²) in [6.45, 7) is 6.46. The number of aryl methyl sites for hydroxylation is 1. The van der Waals surface area contributed by atoms with Crippen molar-refractivity contribution in [1.82, 2.24) is 4.98 Å². The maximum absolute atomic E-state index is 13.1. The Hall–Kier alpha value is -4.40. The number of hydrogen-bond donors (Lipinski definition) is 0. The van der Waals surface area contributed by atoms with Gasteiger partial charge >= 0.3 is 11.9 Å². The Morgan fingerprint density at radius 2 is 1.62 bits per heavy atom. The van der Waals surface area contributed by atoms with Crippen molar-refractivity contribution in [1.29, 1.82) is 0 Å². The van der Waals surface area contributed by atoms with Gasteiger partial charge < -0.3 is 23.7 Å². The lowest BCUT2D eigenvalue weighted by atomic mass is 10.0. The normalized spacial score (nSPS) is 13.0. The maximum Gasteiger partial charge on any atom is 0.309 e. The minimum atomic E-state index is -0.824. The van der Waals surface area contributed by atoms with Gasteiger partial charge in [0.1, 0.15) is 17.6 Å². The van der Waals surface area contributed by atoms with Crippen molar-refractivity contribution in [3.63, 3.8) is 0 Å². The van der Waals surface area contributed by atoms with E-state index in [0.717, 1.165) is 5.56 Å². The molecule has 0 N–H and O–H groups in total. The van der Waals surface area contributed by atoms with Crippen LogP contribution in [0, 0.1) is 12.8 Å². The third-order valence-corrected chi connectivity index (χ3v) is 5.92. The van der Waals surface area contributed by atoms with E-state index in [9.17, 15) is 14.4 Å². The number of nitrogens with zero attached hydrogens (tertiary/aromatic N) is 1. The molecular formula is C30H33NO8. The molecule has 3 atom stereocenters. The molecule has 206 valence electrons. The van der Waals surface area contributed by atoms with E-state index in [0.29, 0.717) is 17.1 Å². The summed E-state index contributed by atoms with van der Waals surface area (Å²) in [7, 11) is 2.95. The minimum absolute atomic E-state index is 0.0887. The smallest absolute Gasteiger partial charge is 0.309 e. The Morgan fingerprint density at radius 1 is 0.923 bits per heavy atom. The van der Waals surface area contributed by atoms with E-state index in [1.807, 2.05) is 55.5 Å². The minimum Gasteiger partial charge on any atom is -0.496 e. The van der Waals surface area contributed by atoms with Gasteiger partial charge in [0.2, 0.25) is 5.75 Å². The van der Waals surface area contributed by atoms with Gasteiger partial charge in [-0.05, 0) is 37.6 Å². The van der Waals surface area contributed by atoms with E-state index in [-0.39, 0.29) is 23.6 Å². The topological polar surface area (TPSA) is 110 Å². The van der Waals surface area contributed by atoms with Crippen LogP contribution in [0.15, 0.2) is 60.8 Å². The van der Waals surface area contributed by atoms with E-state index in [2.05, 4.69) is 4.98 Å². The predicted octanol–water partition coefficient (Wildman–Crippen LogP) is 5.29. The molecule has 0 unspecified atom stereocenters. The van der Waals surface area contributed by atoms with Crippen LogP contribution in [-0.4, -0.2) is 43.0 Å². The standard InChI is InChI=1S/C30H33NO8/c1-18-12-13-23(26(16-18)36-6)28(39-22-10-8-7-9-11-22)20(3)37-30(34)19(2)17-24(33)27-29(38-21(4)32)25(35-5)14-15-31-27/h7-16,19-20,28H,17H2,1-6H3/t19-,20+,28+/m1/s1. The van der Waals surface area contributed by atoms with Crippen molar-refractivity contribution in [2.45, 2.75) is 46.3 Å². The molecule has 0 bridgehead atoms. The lowest BCUT2D eigenvalue weighted by Gasteiger charge is -2.28. The zero-order chi connectivity index (χ0) is 28.5. The summed E-state index contributed by atoms with van der Waals surface area (Å²) in [6, 6.07) is 16.4. The van der Waals surface area contributed by atoms with Crippen molar-refractivity contribution >= 4 is 17.7 Å². The number of rotatable bonds is 12. The third-order valence-electron chi connectivity index (χ3n) is 5.92. The highest BCUT2D eigenvalue weighted by Crippen LogP contribution is 2.34. The number of ketones is 1. The number of Topliss-reactive ketones (excluding diaryl/α,β-unsaturated/α-hetero) is 1. The number of methoxy groups -OCH3 is 2. The fourth-order valence-corrected chi connectivity index (χ4v) is 3.96. The number of para-hydroxylation sites is 1. The molecule has 0 aliphatic carbocycles. The predicted molar refractivity (Wildman–Crippen MR) is 143 cm³/mol. The second kappa shape index (κ2) is 13.4. The van der Waals surface area contributed by atoms with E-state index < -0.39 is 35.8 Å². The molecule has 9 nitrogen and oxygen atoms in total. The summed E-state index contributed by atoms with van der Waals surface area (Å²) in [5.41, 5.74) is 1.61. The first kappa shape index (κ1) is 29.2. The van der Waals surface area contributed by atoms with Gasteiger partial charge in [0.25, 0.3) is 0 Å². The highest BCUT2D eigenvalue weighted by molar-refractivity contribution is 5.99. The van der Waals surface area contributed by atoms with Crippen LogP contribution in [0.25, 0.3) is 0 Å². The number of carbonyl (C=O) groups excluding carboxylic acids is 3. The summed E-state index contributed by atoms with van der Waals surface area (Å²) < 4.78 is 28.0. The van der Waals surface area contributed by atoms with Crippen LogP contribution in [0.4, 0.5) is 0 Å². The van der Waals surface area contributed by atoms with Gasteiger partial charge in [-0.3, -0.25) is 14.4 Å². The van der Waals surface area contributed by atoms with Crippen molar-refractivity contribution in [2.75, 3.05) is 14.2 Å². The highest BCUT2D eigenvalue weighted by atomic mass is 16.6. The van der Waals surface area contributed by atoms with Gasteiger partial charge in [-0.1, -0.05) is 37.3 Å². The van der Waals surface area contributed by atoms with Crippen molar-refractivity contribution < 1.29 is 38.1 Å². The first-order chi connectivity index (χ1) is 18.6. The number of pyridine rings is 1. The number of carbonyl (C=O) groups is 3. The monoisotopic (exact) mass is 535 g/mol. The number of esters is 2. The van der Waals surface area contributed by atoms with E-state index in [4.69, 9.17) is 23.7 Å². The van der Waals surface area contributed by atoms with Gasteiger partial charge in [-0.2, -0.15) is 0 Å². The van der Waals surface area contributed by atoms with Crippen LogP contribution in [0.2, 0.25) is 0 Å². The number of hydrogen-bond acceptors (Lipinski definition) is 9. The van der Waals surface area contributed by atoms with E-state index in [1.165, 1.54) is 26.3 Å². The molecule has 2 aromatic carbocycles. The van der Waals surface area contributed by atoms with Crippen molar-refractivity contribution in [2.24, 2.45) is 5.92 Å². The van der Waals surface area contributed by atoms with Crippen LogP contribution < -0.4 is 18.9 Å². The quantitative estimate of drug-likeness (QED) is 0.225. The third kappa shape index (κ3) is 7.56. The Kier molecular flexibility index (Phi) is 10.0. The average molecular weight is 536 g/mol. The van der Waals surface area contributed by atoms with Gasteiger partial charge in [0.15, 0.2) is 23.3 Å². The van der Waals surface area contributed by atoms with Gasteiger partial charge in [0, 0.05) is 31.2 Å². The lowest BCUT2D eigenvalue weighted by molar-refractivity contribution is -0.157. The van der Waals surface area contributed by atoms with Gasteiger partial charge in [-0.15, -0.1) is 0 Å². The van der Waals surface area contributed by atoms with Gasteiger partial charge in [0.05, 0.1) is 20.1 Å². The molecule has 3 rings (SSSR count). The molecule has 1 heterocycles. The molecule has 0 saturated carbocycles. The summed E-state index contributed by atoms with van der Waals surface area (Å²) in [5, 5.41) is 0. The van der Waals surface area contributed by atoms with Crippen molar-refractivity contribution in [3.05, 3.63) is 77.6 Å². The molecule has 0 aliphatic rings. The molecule has 1 aromatic heterocycles. The Bertz CT molecular complexity index is 1310. The first-order valence-corrected chi connectivity index (χ1v) is 12.5. The summed E-state index contributed by atoms with van der Waals surface area (Å²) in [5.74, 6) is -1.26. The van der Waals surface area contributed by atoms with Crippen LogP contribution in [0.1, 0.15) is 54.9 Å². The fraction of sp³-hybridized carbons (Fsp3) is 0.333. The molecule has 0 spiro atoms. The SMILES string of the molecule is COc1cc(C)ccc1[C@@H](Oc1ccccc1)[C@H](C)OC(=O)[C@H](C)CC(=O)c1nccc(OC)c1OC(C)=O. The largest absolute Gasteiger partial charge is 0.496 e. The Balaban J connectivity index is 1.80. The first-order valence-electron chi connectivity index (χ1n) is 12.5. The van der Waals surface area contributed by atoms with Crippen LogP contribution in [-0.2, 0) is 14.3 Å². The number of benzene rings is 2. The number of aromatic nitrogens is 1. The molecule has 3 aromatic rings. The molecule has 0 radical (unpaired) electrons. The zero-order valence-corrected chi connectivity index (χ0v) is 22.9. The fourth-order valence-electron chi connectivity index (χ4n) is 3.96. The summed E-state index contributed by atoms with van der Waals surface area (Å²) in [4.78, 5) is 41.8. The summed E-state index contributed by atoms with van der Waals surface area (Å²) in [6.07, 6.45) is -0.285. The van der Waals surface area contributed by atoms with Crippen LogP contribution in [0.3, 0.4) is 0 Å². The van der Waals surface area contributed by atoms with Crippen molar-refractivity contribution in [3.8, 4) is 23.0 Å². The molecular weight excluding hydrogens is 502 g/mol. The molecule has 0 aliphatic heterocycles. The molecule has 0 fully saturated rings. The van der Waals surface area contributed by atoms with E-state index >= 15 is 0 Å². The second-order valence-corrected chi connectivity index (χ2v) is 9.05. The summed E-state index contributed by atoms with van der Waals surface area (Å²) >= 11 is 0. The molecule has 39 heavy (non-hydrogen) atoms. The maximum atomic E-state index is 13.1. The van der Waals surface area contributed by atoms with Crippen LogP contribution >= 0.6 is 0 Å². The zero-order valence-electron chi connectivity index (χ0n) is 22.9. The number of ether oxygens (including phenoxy) is 5. The molecule has 0 amide bonds. The Morgan fingerprint density at radius 3 is 2.26 bits per heavy atom.